The summed E-state index contributed by atoms with van der Waals surface area (Å²) in [7, 11) is 1.61. The highest BCUT2D eigenvalue weighted by molar-refractivity contribution is 6.05. The molecule has 1 aliphatic heterocycles. The fourth-order valence-corrected chi connectivity index (χ4v) is 7.31. The van der Waals surface area contributed by atoms with E-state index in [1.807, 2.05) is 13.8 Å². The molecule has 2 bridgehead atoms. The second-order valence-electron chi connectivity index (χ2n) is 11.1. The SMILES string of the molecule is CC[C@@H](C1=CCC=C1)/C(C)=C1\CC[C@H]2\C1=C1\C(COCOC)[C@]13C[C@@](C)(C=CC3=O)C(=O)OC2C. The Kier molecular flexibility index (Phi) is 6.29. The van der Waals surface area contributed by atoms with Gasteiger partial charge in [-0.2, -0.15) is 0 Å². The van der Waals surface area contributed by atoms with Crippen molar-refractivity contribution in [2.45, 2.75) is 65.9 Å². The van der Waals surface area contributed by atoms with E-state index in [0.717, 1.165) is 25.7 Å². The van der Waals surface area contributed by atoms with Gasteiger partial charge in [-0.25, -0.2) is 0 Å². The minimum absolute atomic E-state index is 0.0309. The number of hydrogen-bond donors (Lipinski definition) is 0. The summed E-state index contributed by atoms with van der Waals surface area (Å²) in [5.74, 6) is 0.313. The zero-order chi connectivity index (χ0) is 25.0. The van der Waals surface area contributed by atoms with Crippen LogP contribution in [0.15, 0.2) is 58.2 Å². The minimum atomic E-state index is -0.813. The van der Waals surface area contributed by atoms with Gasteiger partial charge in [-0.3, -0.25) is 9.59 Å². The molecule has 0 amide bonds. The van der Waals surface area contributed by atoms with Crippen molar-refractivity contribution in [3.05, 3.63) is 58.2 Å². The molecule has 5 rings (SSSR count). The van der Waals surface area contributed by atoms with Crippen molar-refractivity contribution in [2.75, 3.05) is 20.5 Å². The number of cyclic esters (lactones) is 1. The first-order valence-electron chi connectivity index (χ1n) is 13.1. The third kappa shape index (κ3) is 3.74. The van der Waals surface area contributed by atoms with Gasteiger partial charge in [0.15, 0.2) is 5.78 Å². The number of ether oxygens (including phenoxy) is 3. The van der Waals surface area contributed by atoms with Crippen molar-refractivity contribution in [3.8, 4) is 0 Å². The molecule has 0 aromatic carbocycles. The van der Waals surface area contributed by atoms with Gasteiger partial charge in [-0.15, -0.1) is 0 Å². The third-order valence-corrected chi connectivity index (χ3v) is 9.14. The van der Waals surface area contributed by atoms with Gasteiger partial charge in [-0.05, 0) is 81.2 Å². The Labute approximate surface area is 209 Å². The number of hydrogen-bond acceptors (Lipinski definition) is 5. The van der Waals surface area contributed by atoms with Crippen molar-refractivity contribution in [1.82, 2.24) is 0 Å². The normalized spacial score (nSPS) is 39.8. The number of carbonyl (C=O) groups excluding carboxylic acids is 2. The lowest BCUT2D eigenvalue weighted by Gasteiger charge is -2.32. The van der Waals surface area contributed by atoms with Crippen LogP contribution in [0.2, 0.25) is 0 Å². The second-order valence-corrected chi connectivity index (χ2v) is 11.1. The molecule has 0 aromatic rings. The molecule has 5 nitrogen and oxygen atoms in total. The largest absolute Gasteiger partial charge is 0.461 e. The van der Waals surface area contributed by atoms with Crippen LogP contribution >= 0.6 is 0 Å². The Balaban J connectivity index is 1.69. The third-order valence-electron chi connectivity index (χ3n) is 9.14. The Bertz CT molecular complexity index is 1090. The lowest BCUT2D eigenvalue weighted by molar-refractivity contribution is -0.160. The molecule has 5 aliphatic rings. The first-order chi connectivity index (χ1) is 16.8. The summed E-state index contributed by atoms with van der Waals surface area (Å²) in [6, 6.07) is 0. The van der Waals surface area contributed by atoms with Crippen LogP contribution in [0.5, 0.6) is 0 Å². The van der Waals surface area contributed by atoms with E-state index in [9.17, 15) is 9.59 Å². The predicted octanol–water partition coefficient (Wildman–Crippen LogP) is 5.64. The van der Waals surface area contributed by atoms with Crippen LogP contribution in [0.3, 0.4) is 0 Å². The van der Waals surface area contributed by atoms with Crippen molar-refractivity contribution in [3.63, 3.8) is 0 Å². The van der Waals surface area contributed by atoms with Gasteiger partial charge >= 0.3 is 5.97 Å². The van der Waals surface area contributed by atoms with Gasteiger partial charge in [-0.1, -0.05) is 36.8 Å². The van der Waals surface area contributed by atoms with Gasteiger partial charge in [0.05, 0.1) is 17.4 Å². The van der Waals surface area contributed by atoms with E-state index in [4.69, 9.17) is 14.2 Å². The predicted molar refractivity (Wildman–Crippen MR) is 134 cm³/mol. The lowest BCUT2D eigenvalue weighted by atomic mass is 9.71. The average molecular weight is 479 g/mol. The minimum Gasteiger partial charge on any atom is -0.461 e. The summed E-state index contributed by atoms with van der Waals surface area (Å²) in [5, 5.41) is 0. The molecular formula is C30H38O5. The van der Waals surface area contributed by atoms with Gasteiger partial charge < -0.3 is 14.2 Å². The van der Waals surface area contributed by atoms with Crippen molar-refractivity contribution in [1.29, 1.82) is 0 Å². The summed E-state index contributed by atoms with van der Waals surface area (Å²) in [6.45, 7) is 9.08. The first-order valence-corrected chi connectivity index (χ1v) is 13.1. The molecule has 1 heterocycles. The molecule has 188 valence electrons. The van der Waals surface area contributed by atoms with Gasteiger partial charge in [0.25, 0.3) is 0 Å². The van der Waals surface area contributed by atoms with E-state index < -0.39 is 10.8 Å². The van der Waals surface area contributed by atoms with E-state index in [0.29, 0.717) is 18.9 Å². The number of ketones is 1. The maximum absolute atomic E-state index is 13.6. The fourth-order valence-electron chi connectivity index (χ4n) is 7.31. The van der Waals surface area contributed by atoms with E-state index in [2.05, 4.69) is 32.1 Å². The molecule has 0 N–H and O–H groups in total. The van der Waals surface area contributed by atoms with E-state index in [1.165, 1.54) is 27.9 Å². The lowest BCUT2D eigenvalue weighted by Crippen LogP contribution is -2.39. The van der Waals surface area contributed by atoms with Crippen molar-refractivity contribution < 1.29 is 23.8 Å². The molecule has 2 unspecified atom stereocenters. The van der Waals surface area contributed by atoms with Crippen LogP contribution in [0, 0.1) is 28.6 Å². The maximum Gasteiger partial charge on any atom is 0.315 e. The molecule has 0 aromatic heterocycles. The summed E-state index contributed by atoms with van der Waals surface area (Å²) in [4.78, 5) is 26.9. The quantitative estimate of drug-likeness (QED) is 0.269. The van der Waals surface area contributed by atoms with E-state index >= 15 is 0 Å². The molecule has 35 heavy (non-hydrogen) atoms. The summed E-state index contributed by atoms with van der Waals surface area (Å²) in [5.41, 5.74) is 5.15. The van der Waals surface area contributed by atoms with Crippen molar-refractivity contribution >= 4 is 11.8 Å². The standard InChI is InChI=1S/C30H38O5/c1-6-21(20-9-7-8-10-20)18(2)22-11-12-23-19(3)35-28(32)29(4)14-13-25(31)30(16-29)24(15-34-17-33-5)27(30)26(22)23/h7,9-10,13-14,19,21,23-24H,6,8,11-12,15-17H2,1-5H3/b22-18+,27-26-/t19?,21-,23-,24?,29-,30+/m1/s1. The Morgan fingerprint density at radius 3 is 2.77 bits per heavy atom. The molecule has 1 spiro atoms. The molecule has 2 saturated carbocycles. The molecule has 5 heteroatoms. The highest BCUT2D eigenvalue weighted by atomic mass is 16.7. The highest BCUT2D eigenvalue weighted by Gasteiger charge is 2.70. The van der Waals surface area contributed by atoms with Crippen molar-refractivity contribution in [2.24, 2.45) is 28.6 Å². The number of fused-ring (bicyclic) bond motifs is 2. The molecule has 4 aliphatic carbocycles. The average Bonchev–Trinajstić information content (AvgIpc) is 3.24. The Morgan fingerprint density at radius 1 is 1.29 bits per heavy atom. The number of methoxy groups -OCH3 is 1. The highest BCUT2D eigenvalue weighted by Crippen LogP contribution is 2.70. The number of rotatable bonds is 7. The van der Waals surface area contributed by atoms with Gasteiger partial charge in [0.2, 0.25) is 0 Å². The number of carbonyl (C=O) groups is 2. The summed E-state index contributed by atoms with van der Waals surface area (Å²) < 4.78 is 17.1. The molecule has 6 atom stereocenters. The van der Waals surface area contributed by atoms with Crippen LogP contribution in [-0.4, -0.2) is 38.4 Å². The smallest absolute Gasteiger partial charge is 0.315 e. The molecular weight excluding hydrogens is 440 g/mol. The topological polar surface area (TPSA) is 61.8 Å². The Hall–Kier alpha value is -2.24. The van der Waals surface area contributed by atoms with E-state index in [1.54, 1.807) is 19.3 Å². The monoisotopic (exact) mass is 478 g/mol. The molecule has 0 saturated heterocycles. The van der Waals surface area contributed by atoms with Crippen LogP contribution in [-0.2, 0) is 23.8 Å². The number of allylic oxidation sites excluding steroid dienone is 7. The van der Waals surface area contributed by atoms with Crippen LogP contribution < -0.4 is 0 Å². The Morgan fingerprint density at radius 2 is 2.09 bits per heavy atom. The van der Waals surface area contributed by atoms with Gasteiger partial charge in [0.1, 0.15) is 12.9 Å². The second kappa shape index (κ2) is 9.01. The zero-order valence-corrected chi connectivity index (χ0v) is 21.7. The van der Waals surface area contributed by atoms with Crippen LogP contribution in [0.4, 0.5) is 0 Å². The number of esters is 1. The molecule has 0 radical (unpaired) electrons. The van der Waals surface area contributed by atoms with Gasteiger partial charge in [0, 0.05) is 24.9 Å². The van der Waals surface area contributed by atoms with Crippen LogP contribution in [0.1, 0.15) is 59.8 Å². The first kappa shape index (κ1) is 24.5. The zero-order valence-electron chi connectivity index (χ0n) is 21.7. The summed E-state index contributed by atoms with van der Waals surface area (Å²) >= 11 is 0. The van der Waals surface area contributed by atoms with Crippen LogP contribution in [0.25, 0.3) is 0 Å². The molecule has 2 fully saturated rings. The van der Waals surface area contributed by atoms with E-state index in [-0.39, 0.29) is 36.5 Å². The summed E-state index contributed by atoms with van der Waals surface area (Å²) in [6.07, 6.45) is 14.3. The maximum atomic E-state index is 13.6. The fraction of sp³-hybridized carbons (Fsp3) is 0.600.